The van der Waals surface area contributed by atoms with Gasteiger partial charge in [-0.15, -0.1) is 0 Å². The van der Waals surface area contributed by atoms with E-state index in [0.717, 1.165) is 6.42 Å². The fourth-order valence-corrected chi connectivity index (χ4v) is 1.46. The number of nitrogens with one attached hydrogen (secondary N) is 1. The molecule has 1 aromatic rings. The Morgan fingerprint density at radius 2 is 2.20 bits per heavy atom. The largest absolute Gasteiger partial charge is 0.493 e. The van der Waals surface area contributed by atoms with Crippen LogP contribution in [-0.2, 0) is 6.54 Å². The lowest BCUT2D eigenvalue weighted by molar-refractivity contribution is -0.0505. The van der Waals surface area contributed by atoms with Crippen LogP contribution in [-0.4, -0.2) is 26.2 Å². The number of alkyl halides is 2. The van der Waals surface area contributed by atoms with Crippen molar-refractivity contribution in [2.45, 2.75) is 26.5 Å². The standard InChI is InChI=1S/C13H19F2N3O2/c1-3-6-19-10-5-4-9(8-18-13(16)17-2)11(7-10)20-12(14)15/h4-5,7,12H,3,6,8H2,1-2H3,(H3,16,17,18). The number of nitrogens with two attached hydrogens (primary N) is 1. The quantitative estimate of drug-likeness (QED) is 0.595. The first kappa shape index (κ1) is 16.0. The highest BCUT2D eigenvalue weighted by molar-refractivity contribution is 5.77. The fraction of sp³-hybridized carbons (Fsp3) is 0.462. The molecule has 112 valence electrons. The number of rotatable bonds is 7. The number of nitrogens with zero attached hydrogens (tertiary/aromatic N) is 1. The van der Waals surface area contributed by atoms with Crippen molar-refractivity contribution in [1.29, 1.82) is 0 Å². The highest BCUT2D eigenvalue weighted by Crippen LogP contribution is 2.26. The summed E-state index contributed by atoms with van der Waals surface area (Å²) in [5, 5.41) is 2.79. The molecule has 0 saturated heterocycles. The van der Waals surface area contributed by atoms with Crippen molar-refractivity contribution in [2.24, 2.45) is 10.7 Å². The molecule has 0 unspecified atom stereocenters. The monoisotopic (exact) mass is 287 g/mol. The Bertz CT molecular complexity index is 453. The Morgan fingerprint density at radius 3 is 2.80 bits per heavy atom. The fourth-order valence-electron chi connectivity index (χ4n) is 1.46. The van der Waals surface area contributed by atoms with Crippen molar-refractivity contribution in [3.8, 4) is 11.5 Å². The lowest BCUT2D eigenvalue weighted by Crippen LogP contribution is -2.30. The molecule has 0 bridgehead atoms. The Labute approximate surface area is 116 Å². The van der Waals surface area contributed by atoms with Crippen LogP contribution in [0.2, 0.25) is 0 Å². The van der Waals surface area contributed by atoms with Gasteiger partial charge in [-0.1, -0.05) is 6.92 Å². The summed E-state index contributed by atoms with van der Waals surface area (Å²) in [4.78, 5) is 3.72. The molecule has 0 aliphatic rings. The minimum atomic E-state index is -2.90. The summed E-state index contributed by atoms with van der Waals surface area (Å²) in [6.07, 6.45) is 0.831. The number of guanidine groups is 1. The first-order chi connectivity index (χ1) is 9.56. The van der Waals surface area contributed by atoms with Crippen molar-refractivity contribution in [3.63, 3.8) is 0 Å². The van der Waals surface area contributed by atoms with Crippen molar-refractivity contribution >= 4 is 5.96 Å². The maximum atomic E-state index is 12.4. The Balaban J connectivity index is 2.85. The van der Waals surface area contributed by atoms with E-state index < -0.39 is 6.61 Å². The van der Waals surface area contributed by atoms with E-state index in [-0.39, 0.29) is 18.3 Å². The molecule has 0 aliphatic carbocycles. The molecule has 20 heavy (non-hydrogen) atoms. The normalized spacial score (nSPS) is 11.6. The zero-order valence-corrected chi connectivity index (χ0v) is 11.5. The van der Waals surface area contributed by atoms with Crippen LogP contribution in [0, 0.1) is 0 Å². The van der Waals surface area contributed by atoms with Gasteiger partial charge in [0.2, 0.25) is 0 Å². The summed E-state index contributed by atoms with van der Waals surface area (Å²) in [5.41, 5.74) is 6.04. The second-order valence-electron chi connectivity index (χ2n) is 3.96. The van der Waals surface area contributed by atoms with Gasteiger partial charge in [0.1, 0.15) is 11.5 Å². The number of benzene rings is 1. The second-order valence-corrected chi connectivity index (χ2v) is 3.96. The van der Waals surface area contributed by atoms with Gasteiger partial charge in [-0.2, -0.15) is 8.78 Å². The summed E-state index contributed by atoms with van der Waals surface area (Å²) in [6.45, 7) is -0.185. The molecule has 0 atom stereocenters. The van der Waals surface area contributed by atoms with E-state index in [1.807, 2.05) is 6.92 Å². The Kier molecular flexibility index (Phi) is 6.55. The predicted octanol–water partition coefficient (Wildman–Crippen LogP) is 2.11. The van der Waals surface area contributed by atoms with Crippen molar-refractivity contribution in [1.82, 2.24) is 5.32 Å². The number of hydrogen-bond acceptors (Lipinski definition) is 3. The van der Waals surface area contributed by atoms with Crippen LogP contribution in [0.3, 0.4) is 0 Å². The van der Waals surface area contributed by atoms with Crippen LogP contribution < -0.4 is 20.5 Å². The minimum Gasteiger partial charge on any atom is -0.493 e. The van der Waals surface area contributed by atoms with Crippen LogP contribution >= 0.6 is 0 Å². The molecule has 1 aromatic carbocycles. The summed E-state index contributed by atoms with van der Waals surface area (Å²) >= 11 is 0. The van der Waals surface area contributed by atoms with Gasteiger partial charge < -0.3 is 20.5 Å². The topological polar surface area (TPSA) is 68.9 Å². The number of halogens is 2. The molecule has 0 radical (unpaired) electrons. The van der Waals surface area contributed by atoms with Crippen LogP contribution in [0.15, 0.2) is 23.2 Å². The second kappa shape index (κ2) is 8.19. The third kappa shape index (κ3) is 5.29. The summed E-state index contributed by atoms with van der Waals surface area (Å²) in [6, 6.07) is 4.79. The lowest BCUT2D eigenvalue weighted by Gasteiger charge is -2.14. The van der Waals surface area contributed by atoms with Gasteiger partial charge >= 0.3 is 6.61 Å². The molecule has 0 spiro atoms. The van der Waals surface area contributed by atoms with E-state index in [1.165, 1.54) is 13.1 Å². The molecule has 0 saturated carbocycles. The molecule has 3 N–H and O–H groups in total. The van der Waals surface area contributed by atoms with E-state index >= 15 is 0 Å². The summed E-state index contributed by atoms with van der Waals surface area (Å²) < 4.78 is 34.7. The Hall–Kier alpha value is -2.05. The highest BCUT2D eigenvalue weighted by atomic mass is 19.3. The van der Waals surface area contributed by atoms with Gasteiger partial charge in [0.25, 0.3) is 0 Å². The lowest BCUT2D eigenvalue weighted by atomic mass is 10.2. The first-order valence-corrected chi connectivity index (χ1v) is 6.23. The molecule has 0 aromatic heterocycles. The molecular weight excluding hydrogens is 268 g/mol. The van der Waals surface area contributed by atoms with E-state index in [1.54, 1.807) is 12.1 Å². The van der Waals surface area contributed by atoms with Crippen LogP contribution in [0.5, 0.6) is 11.5 Å². The molecular formula is C13H19F2N3O2. The van der Waals surface area contributed by atoms with Crippen molar-refractivity contribution in [3.05, 3.63) is 23.8 Å². The van der Waals surface area contributed by atoms with Gasteiger partial charge in [-0.05, 0) is 18.6 Å². The average Bonchev–Trinajstić information content (AvgIpc) is 2.43. The van der Waals surface area contributed by atoms with Crippen molar-refractivity contribution in [2.75, 3.05) is 13.7 Å². The smallest absolute Gasteiger partial charge is 0.387 e. The minimum absolute atomic E-state index is 0.0602. The van der Waals surface area contributed by atoms with Gasteiger partial charge in [-0.3, -0.25) is 4.99 Å². The SMILES string of the molecule is CCCOc1ccc(CNC(N)=NC)c(OC(F)F)c1. The number of ether oxygens (including phenoxy) is 2. The Morgan fingerprint density at radius 1 is 1.45 bits per heavy atom. The van der Waals surface area contributed by atoms with Crippen LogP contribution in [0.1, 0.15) is 18.9 Å². The molecule has 0 heterocycles. The van der Waals surface area contributed by atoms with Crippen LogP contribution in [0.4, 0.5) is 8.78 Å². The molecule has 1 rings (SSSR count). The van der Waals surface area contributed by atoms with Gasteiger partial charge in [0, 0.05) is 25.2 Å². The third-order valence-corrected chi connectivity index (χ3v) is 2.43. The third-order valence-electron chi connectivity index (χ3n) is 2.43. The maximum absolute atomic E-state index is 12.4. The maximum Gasteiger partial charge on any atom is 0.387 e. The van der Waals surface area contributed by atoms with E-state index in [4.69, 9.17) is 10.5 Å². The molecule has 5 nitrogen and oxygen atoms in total. The average molecular weight is 287 g/mol. The molecule has 0 aliphatic heterocycles. The van der Waals surface area contributed by atoms with E-state index in [0.29, 0.717) is 17.9 Å². The van der Waals surface area contributed by atoms with E-state index in [9.17, 15) is 8.78 Å². The molecule has 0 fully saturated rings. The predicted molar refractivity (Wildman–Crippen MR) is 73.2 cm³/mol. The summed E-state index contributed by atoms with van der Waals surface area (Å²) in [7, 11) is 1.53. The molecule has 7 heteroatoms. The van der Waals surface area contributed by atoms with Gasteiger partial charge in [-0.25, -0.2) is 0 Å². The van der Waals surface area contributed by atoms with Crippen molar-refractivity contribution < 1.29 is 18.3 Å². The summed E-state index contributed by atoms with van der Waals surface area (Å²) in [5.74, 6) is 0.771. The zero-order chi connectivity index (χ0) is 15.0. The number of aliphatic imine (C=N–C) groups is 1. The molecule has 0 amide bonds. The van der Waals surface area contributed by atoms with E-state index in [2.05, 4.69) is 15.0 Å². The van der Waals surface area contributed by atoms with Crippen LogP contribution in [0.25, 0.3) is 0 Å². The van der Waals surface area contributed by atoms with Gasteiger partial charge in [0.15, 0.2) is 5.96 Å². The first-order valence-electron chi connectivity index (χ1n) is 6.23. The zero-order valence-electron chi connectivity index (χ0n) is 11.5. The highest BCUT2D eigenvalue weighted by Gasteiger charge is 2.11. The number of hydrogen-bond donors (Lipinski definition) is 2. The van der Waals surface area contributed by atoms with Gasteiger partial charge in [0.05, 0.1) is 6.61 Å².